The minimum atomic E-state index is -3.69. The first-order valence-electron chi connectivity index (χ1n) is 19.8. The molecule has 0 aliphatic rings. The molecule has 0 aliphatic carbocycles. The quantitative estimate of drug-likeness (QED) is 0.0677. The van der Waals surface area contributed by atoms with Gasteiger partial charge in [-0.2, -0.15) is 33.7 Å². The van der Waals surface area contributed by atoms with E-state index in [0.717, 1.165) is 48.1 Å². The van der Waals surface area contributed by atoms with Gasteiger partial charge in [0.2, 0.25) is 9.84 Å². The van der Waals surface area contributed by atoms with E-state index in [0.29, 0.717) is 37.2 Å². The maximum absolute atomic E-state index is 12.8. The van der Waals surface area contributed by atoms with Crippen molar-refractivity contribution in [2.45, 2.75) is 95.8 Å². The molecule has 63 heavy (non-hydrogen) atoms. The molecule has 0 aliphatic heterocycles. The van der Waals surface area contributed by atoms with Gasteiger partial charge in [-0.15, -0.1) is 0 Å². The Labute approximate surface area is 375 Å². The highest BCUT2D eigenvalue weighted by Gasteiger charge is 2.17. The van der Waals surface area contributed by atoms with E-state index in [4.69, 9.17) is 27.7 Å². The molecule has 0 unspecified atom stereocenters. The molecule has 0 saturated heterocycles. The minimum Gasteiger partial charge on any atom is -0.497 e. The first-order chi connectivity index (χ1) is 29.2. The van der Waals surface area contributed by atoms with E-state index < -0.39 is 50.3 Å². The number of unbranched alkanes of at least 4 members (excludes halogenated alkanes) is 4. The lowest BCUT2D eigenvalue weighted by Gasteiger charge is -2.09. The molecule has 0 aromatic heterocycles. The molecule has 4 rings (SSSR count). The van der Waals surface area contributed by atoms with E-state index in [2.05, 4.69) is 0 Å². The molecule has 0 heterocycles. The van der Waals surface area contributed by atoms with Crippen LogP contribution in [0.2, 0.25) is 0 Å². The van der Waals surface area contributed by atoms with Gasteiger partial charge in [-0.3, -0.25) is 18.2 Å². The molecule has 0 amide bonds. The summed E-state index contributed by atoms with van der Waals surface area (Å²) in [4.78, 5) is 0.513. The van der Waals surface area contributed by atoms with Gasteiger partial charge in [-0.25, -0.2) is 8.42 Å². The van der Waals surface area contributed by atoms with Crippen LogP contribution < -0.4 is 9.47 Å². The van der Waals surface area contributed by atoms with Gasteiger partial charge in [-0.1, -0.05) is 95.3 Å². The zero-order chi connectivity index (χ0) is 48.3. The fraction of sp³-hybridized carbons (Fsp3) is 0.429. The van der Waals surface area contributed by atoms with Crippen molar-refractivity contribution in [3.05, 3.63) is 103 Å². The molecule has 4 N–H and O–H groups in total. The summed E-state index contributed by atoms with van der Waals surface area (Å²) in [7, 11) is -16.7. The highest BCUT2D eigenvalue weighted by molar-refractivity contribution is 7.91. The summed E-state index contributed by atoms with van der Waals surface area (Å²) in [5.41, 5.74) is 3.16. The standard InChI is InChI=1S/C26H22O4S.4C4H10O3S/c1-19-3-15-25(16-4-19)31(27,28)26-17-13-24(14-18-26)30-23-11-7-21(8-12-23)20-5-9-22(29-2)10-6-20;4*1-2-3-4-8(5,6)7/h3-18H,1-2H3;4*2-4H2,1H3,(H,5,6,7). The molecule has 4 aromatic carbocycles. The molecular weight excluding hydrogens is 921 g/mol. The summed E-state index contributed by atoms with van der Waals surface area (Å²) >= 11 is 0. The largest absolute Gasteiger partial charge is 0.497 e. The fourth-order valence-corrected chi connectivity index (χ4v) is 8.36. The Hall–Kier alpha value is -3.93. The van der Waals surface area contributed by atoms with Crippen LogP contribution in [0, 0.1) is 6.92 Å². The summed E-state index contributed by atoms with van der Waals surface area (Å²) < 4.78 is 149. The van der Waals surface area contributed by atoms with Crippen LogP contribution in [0.4, 0.5) is 0 Å². The van der Waals surface area contributed by atoms with Crippen molar-refractivity contribution in [3.63, 3.8) is 0 Å². The van der Waals surface area contributed by atoms with E-state index >= 15 is 0 Å². The average Bonchev–Trinajstić information content (AvgIpc) is 3.21. The Bertz CT molecular complexity index is 2290. The molecule has 21 heteroatoms. The van der Waals surface area contributed by atoms with Crippen molar-refractivity contribution in [3.8, 4) is 28.4 Å². The highest BCUT2D eigenvalue weighted by atomic mass is 32.2. The van der Waals surface area contributed by atoms with E-state index in [1.807, 2.05) is 83.1 Å². The second kappa shape index (κ2) is 29.5. The molecule has 4 aromatic rings. The van der Waals surface area contributed by atoms with E-state index in [1.54, 1.807) is 55.6 Å². The number of aryl methyl sites for hydroxylation is 1. The lowest BCUT2D eigenvalue weighted by atomic mass is 10.1. The molecule has 0 bridgehead atoms. The molecule has 0 saturated carbocycles. The first kappa shape index (κ1) is 59.1. The fourth-order valence-electron chi connectivity index (χ4n) is 4.48. The highest BCUT2D eigenvalue weighted by Crippen LogP contribution is 2.29. The van der Waals surface area contributed by atoms with Gasteiger partial charge in [0.05, 0.1) is 39.9 Å². The van der Waals surface area contributed by atoms with Crippen molar-refractivity contribution in [2.75, 3.05) is 30.1 Å². The van der Waals surface area contributed by atoms with Crippen molar-refractivity contribution in [2.24, 2.45) is 0 Å². The first-order valence-corrected chi connectivity index (χ1v) is 27.8. The Morgan fingerprint density at radius 3 is 0.889 bits per heavy atom. The Morgan fingerprint density at radius 1 is 0.397 bits per heavy atom. The summed E-state index contributed by atoms with van der Waals surface area (Å²) in [5.74, 6) is 1.63. The third-order valence-electron chi connectivity index (χ3n) is 8.00. The number of rotatable bonds is 18. The number of sulfone groups is 1. The smallest absolute Gasteiger partial charge is 0.264 e. The van der Waals surface area contributed by atoms with E-state index in [-0.39, 0.29) is 32.8 Å². The van der Waals surface area contributed by atoms with Gasteiger partial charge in [0, 0.05) is 0 Å². The molecule has 0 atom stereocenters. The average molecular weight is 983 g/mol. The predicted octanol–water partition coefficient (Wildman–Crippen LogP) is 8.99. The van der Waals surface area contributed by atoms with Gasteiger partial charge >= 0.3 is 0 Å². The van der Waals surface area contributed by atoms with Crippen LogP contribution in [0.25, 0.3) is 11.1 Å². The molecule has 0 fully saturated rings. The second-order valence-corrected chi connectivity index (χ2v) is 21.9. The zero-order valence-corrected chi connectivity index (χ0v) is 40.5. The summed E-state index contributed by atoms with van der Waals surface area (Å²) in [6.45, 7) is 9.39. The Morgan fingerprint density at radius 2 is 0.651 bits per heavy atom. The van der Waals surface area contributed by atoms with Crippen LogP contribution in [0.5, 0.6) is 17.2 Å². The molecular formula is C42H62O16S5. The van der Waals surface area contributed by atoms with Crippen molar-refractivity contribution < 1.29 is 69.8 Å². The number of methoxy groups -OCH3 is 1. The van der Waals surface area contributed by atoms with Crippen LogP contribution >= 0.6 is 0 Å². The van der Waals surface area contributed by atoms with Gasteiger partial charge < -0.3 is 9.47 Å². The van der Waals surface area contributed by atoms with Crippen LogP contribution in [-0.2, 0) is 50.3 Å². The molecule has 0 radical (unpaired) electrons. The molecule has 356 valence electrons. The number of benzene rings is 4. The number of hydrogen-bond donors (Lipinski definition) is 4. The number of hydrogen-bond acceptors (Lipinski definition) is 12. The maximum Gasteiger partial charge on any atom is 0.264 e. The van der Waals surface area contributed by atoms with Gasteiger partial charge in [0.15, 0.2) is 0 Å². The van der Waals surface area contributed by atoms with Crippen molar-refractivity contribution >= 4 is 50.3 Å². The van der Waals surface area contributed by atoms with Gasteiger partial charge in [-0.05, 0) is 104 Å². The third-order valence-corrected chi connectivity index (χ3v) is 13.0. The normalized spacial score (nSPS) is 11.5. The maximum atomic E-state index is 12.8. The molecule has 0 spiro atoms. The topological polar surface area (TPSA) is 270 Å². The van der Waals surface area contributed by atoms with E-state index in [1.165, 1.54) is 0 Å². The minimum absolute atomic E-state index is 0.108. The van der Waals surface area contributed by atoms with Crippen LogP contribution in [0.3, 0.4) is 0 Å². The third kappa shape index (κ3) is 30.0. The van der Waals surface area contributed by atoms with Crippen LogP contribution in [-0.4, -0.2) is 90.4 Å². The predicted molar refractivity (Wildman–Crippen MR) is 247 cm³/mol. The lowest BCUT2D eigenvalue weighted by Crippen LogP contribution is -2.02. The van der Waals surface area contributed by atoms with Crippen molar-refractivity contribution in [1.82, 2.24) is 0 Å². The van der Waals surface area contributed by atoms with Gasteiger partial charge in [0.25, 0.3) is 40.5 Å². The zero-order valence-electron chi connectivity index (χ0n) is 36.5. The molecule has 16 nitrogen and oxygen atoms in total. The van der Waals surface area contributed by atoms with Crippen LogP contribution in [0.1, 0.15) is 84.6 Å². The van der Waals surface area contributed by atoms with Gasteiger partial charge in [0.1, 0.15) is 17.2 Å². The SMILES string of the molecule is CCCCS(=O)(=O)O.CCCCS(=O)(=O)O.CCCCS(=O)(=O)O.CCCCS(=O)(=O)O.COc1ccc(-c2ccc(Oc3ccc(S(=O)(=O)c4ccc(C)cc4)cc3)cc2)cc1. The van der Waals surface area contributed by atoms with E-state index in [9.17, 15) is 42.1 Å². The lowest BCUT2D eigenvalue weighted by molar-refractivity contribution is 0.415. The summed E-state index contributed by atoms with van der Waals surface area (Å²) in [6, 6.07) is 28.9. The van der Waals surface area contributed by atoms with Crippen LogP contribution in [0.15, 0.2) is 107 Å². The number of ether oxygens (including phenoxy) is 2. The summed E-state index contributed by atoms with van der Waals surface area (Å²) in [6.07, 6.45) is 5.33. The second-order valence-electron chi connectivity index (χ2n) is 13.7. The monoisotopic (exact) mass is 982 g/mol. The Balaban J connectivity index is 0.000000974. The summed E-state index contributed by atoms with van der Waals surface area (Å²) in [5, 5.41) is 0. The van der Waals surface area contributed by atoms with Crippen molar-refractivity contribution in [1.29, 1.82) is 0 Å². The Kier molecular flexibility index (Phi) is 27.7.